The number of hydrogen-bond acceptors (Lipinski definition) is 6. The Kier molecular flexibility index (Phi) is 5.67. The zero-order valence-electron chi connectivity index (χ0n) is 20.2. The van der Waals surface area contributed by atoms with Crippen LogP contribution in [-0.2, 0) is 6.54 Å². The molecule has 9 heteroatoms. The zero-order chi connectivity index (χ0) is 24.6. The number of benzene rings is 1. The number of amides is 1. The summed E-state index contributed by atoms with van der Waals surface area (Å²) in [6.07, 6.45) is 5.49. The number of hydrogen-bond donors (Lipinski definition) is 1. The highest BCUT2D eigenvalue weighted by Gasteiger charge is 2.29. The number of carbonyl (C=O) groups excluding carboxylic acids is 1. The van der Waals surface area contributed by atoms with Crippen LogP contribution in [-0.4, -0.2) is 44.0 Å². The summed E-state index contributed by atoms with van der Waals surface area (Å²) in [5.74, 6) is -0.207. The van der Waals surface area contributed by atoms with Gasteiger partial charge in [0.15, 0.2) is 5.58 Å². The van der Waals surface area contributed by atoms with Crippen molar-refractivity contribution in [2.75, 3.05) is 18.0 Å². The van der Waals surface area contributed by atoms with E-state index in [9.17, 15) is 9.59 Å². The number of aromatic nitrogens is 4. The highest BCUT2D eigenvalue weighted by molar-refractivity contribution is 5.98. The molecule has 1 fully saturated rings. The van der Waals surface area contributed by atoms with Gasteiger partial charge < -0.3 is 19.2 Å². The van der Waals surface area contributed by atoms with Gasteiger partial charge in [0.25, 0.3) is 17.5 Å². The predicted octanol–water partition coefficient (Wildman–Crippen LogP) is 3.99. The first-order valence-electron chi connectivity index (χ1n) is 12.5. The van der Waals surface area contributed by atoms with E-state index in [1.54, 1.807) is 24.4 Å². The van der Waals surface area contributed by atoms with Crippen molar-refractivity contribution >= 4 is 39.7 Å². The smallest absolute Gasteiger partial charge is 0.298 e. The van der Waals surface area contributed by atoms with Crippen molar-refractivity contribution in [3.8, 4) is 0 Å². The van der Waals surface area contributed by atoms with E-state index in [0.29, 0.717) is 41.5 Å². The van der Waals surface area contributed by atoms with Crippen molar-refractivity contribution in [2.24, 2.45) is 0 Å². The van der Waals surface area contributed by atoms with Crippen molar-refractivity contribution in [2.45, 2.75) is 45.2 Å². The number of unbranched alkanes of at least 4 members (excludes halogenated alkanes) is 1. The first-order valence-corrected chi connectivity index (χ1v) is 12.5. The lowest BCUT2D eigenvalue weighted by Crippen LogP contribution is -2.40. The summed E-state index contributed by atoms with van der Waals surface area (Å²) < 4.78 is 9.38. The highest BCUT2D eigenvalue weighted by atomic mass is 16.4. The molecule has 1 N–H and O–H groups in total. The molecule has 5 aromatic rings. The molecule has 4 aromatic heterocycles. The number of pyridine rings is 1. The van der Waals surface area contributed by atoms with Crippen LogP contribution in [0.4, 0.5) is 6.01 Å². The third-order valence-corrected chi connectivity index (χ3v) is 6.95. The van der Waals surface area contributed by atoms with Gasteiger partial charge in [-0.2, -0.15) is 4.98 Å². The third kappa shape index (κ3) is 3.80. The minimum Gasteiger partial charge on any atom is -0.423 e. The fourth-order valence-corrected chi connectivity index (χ4v) is 5.07. The Labute approximate surface area is 207 Å². The van der Waals surface area contributed by atoms with Crippen LogP contribution in [0.3, 0.4) is 0 Å². The number of nitrogens with one attached hydrogen (secondary N) is 1. The van der Waals surface area contributed by atoms with Gasteiger partial charge in [-0.1, -0.05) is 31.5 Å². The molecule has 0 saturated carbocycles. The van der Waals surface area contributed by atoms with Crippen LogP contribution in [0.2, 0.25) is 0 Å². The van der Waals surface area contributed by atoms with Gasteiger partial charge in [-0.05, 0) is 49.6 Å². The molecule has 1 aliphatic heterocycles. The Bertz CT molecular complexity index is 1600. The molecule has 0 radical (unpaired) electrons. The van der Waals surface area contributed by atoms with Gasteiger partial charge in [0.1, 0.15) is 22.5 Å². The first kappa shape index (κ1) is 22.3. The summed E-state index contributed by atoms with van der Waals surface area (Å²) in [6.45, 7) is 4.01. The molecule has 1 saturated heterocycles. The van der Waals surface area contributed by atoms with E-state index >= 15 is 0 Å². The number of anilines is 1. The molecule has 0 bridgehead atoms. The van der Waals surface area contributed by atoms with E-state index in [4.69, 9.17) is 9.40 Å². The highest BCUT2D eigenvalue weighted by Crippen LogP contribution is 2.28. The van der Waals surface area contributed by atoms with Crippen LogP contribution in [0.25, 0.3) is 27.8 Å². The van der Waals surface area contributed by atoms with Crippen LogP contribution < -0.4 is 15.8 Å². The molecule has 0 spiro atoms. The van der Waals surface area contributed by atoms with E-state index in [-0.39, 0.29) is 17.5 Å². The second-order valence-electron chi connectivity index (χ2n) is 9.28. The SMILES string of the molecule is CCCCn1c(C(=O)NCC2CCCN2c2nc3ccccc3o2)cc2c(=O)n3ccccc3nc21. The Balaban J connectivity index is 1.28. The minimum absolute atomic E-state index is 0.0850. The summed E-state index contributed by atoms with van der Waals surface area (Å²) in [5, 5.41) is 3.56. The van der Waals surface area contributed by atoms with Gasteiger partial charge in [0.05, 0.1) is 11.4 Å². The fourth-order valence-electron chi connectivity index (χ4n) is 5.07. The molecular weight excluding hydrogens is 456 g/mol. The maximum absolute atomic E-state index is 13.4. The average Bonchev–Trinajstić information content (AvgIpc) is 3.62. The Morgan fingerprint density at radius 3 is 2.89 bits per heavy atom. The molecule has 6 rings (SSSR count). The summed E-state index contributed by atoms with van der Waals surface area (Å²) in [7, 11) is 0. The molecule has 1 aliphatic rings. The van der Waals surface area contributed by atoms with E-state index in [1.165, 1.54) is 4.40 Å². The number of nitrogens with zero attached hydrogens (tertiary/aromatic N) is 5. The molecule has 1 atom stereocenters. The Morgan fingerprint density at radius 2 is 2.03 bits per heavy atom. The molecule has 36 heavy (non-hydrogen) atoms. The average molecular weight is 485 g/mol. The van der Waals surface area contributed by atoms with Gasteiger partial charge in [-0.15, -0.1) is 0 Å². The largest absolute Gasteiger partial charge is 0.423 e. The topological polar surface area (TPSA) is 97.7 Å². The van der Waals surface area contributed by atoms with Crippen molar-refractivity contribution in [3.63, 3.8) is 0 Å². The number of aryl methyl sites for hydroxylation is 1. The van der Waals surface area contributed by atoms with Crippen molar-refractivity contribution < 1.29 is 9.21 Å². The lowest BCUT2D eigenvalue weighted by Gasteiger charge is -2.23. The number of para-hydroxylation sites is 2. The van der Waals surface area contributed by atoms with E-state index in [2.05, 4.69) is 22.1 Å². The molecular formula is C27H28N6O3. The van der Waals surface area contributed by atoms with Gasteiger partial charge in [0, 0.05) is 25.8 Å². The molecule has 0 aliphatic carbocycles. The molecule has 184 valence electrons. The standard InChI is InChI=1S/C27H28N6O3/c1-2-3-13-32-21(16-19-24(32)30-23-12-6-7-14-33(23)26(19)35)25(34)28-17-18-9-8-15-31(18)27-29-20-10-4-5-11-22(20)36-27/h4-7,10-12,14,16,18H,2-3,8-9,13,15,17H2,1H3,(H,28,34). The number of carbonyl (C=O) groups is 1. The van der Waals surface area contributed by atoms with Crippen LogP contribution in [0, 0.1) is 0 Å². The van der Waals surface area contributed by atoms with Crippen LogP contribution >= 0.6 is 0 Å². The summed E-state index contributed by atoms with van der Waals surface area (Å²) >= 11 is 0. The quantitative estimate of drug-likeness (QED) is 0.375. The maximum Gasteiger partial charge on any atom is 0.298 e. The number of fused-ring (bicyclic) bond motifs is 3. The van der Waals surface area contributed by atoms with Crippen LogP contribution in [0.1, 0.15) is 43.1 Å². The van der Waals surface area contributed by atoms with Gasteiger partial charge in [-0.25, -0.2) is 4.98 Å². The van der Waals surface area contributed by atoms with Gasteiger partial charge in [0.2, 0.25) is 0 Å². The molecule has 1 unspecified atom stereocenters. The van der Waals surface area contributed by atoms with E-state index in [1.807, 2.05) is 34.9 Å². The third-order valence-electron chi connectivity index (χ3n) is 6.95. The fraction of sp³-hybridized carbons (Fsp3) is 0.333. The van der Waals surface area contributed by atoms with Gasteiger partial charge in [-0.3, -0.25) is 14.0 Å². The van der Waals surface area contributed by atoms with Gasteiger partial charge >= 0.3 is 0 Å². The second kappa shape index (κ2) is 9.14. The molecule has 1 aromatic carbocycles. The summed E-state index contributed by atoms with van der Waals surface area (Å²) in [6, 6.07) is 15.5. The van der Waals surface area contributed by atoms with Crippen LogP contribution in [0.15, 0.2) is 63.9 Å². The first-order chi connectivity index (χ1) is 17.6. The lowest BCUT2D eigenvalue weighted by molar-refractivity contribution is 0.0942. The van der Waals surface area contributed by atoms with Crippen molar-refractivity contribution in [3.05, 3.63) is 70.8 Å². The van der Waals surface area contributed by atoms with Crippen molar-refractivity contribution in [1.29, 1.82) is 0 Å². The zero-order valence-corrected chi connectivity index (χ0v) is 20.2. The van der Waals surface area contributed by atoms with E-state index in [0.717, 1.165) is 43.3 Å². The summed E-state index contributed by atoms with van der Waals surface area (Å²) in [5.41, 5.74) is 3.00. The summed E-state index contributed by atoms with van der Waals surface area (Å²) in [4.78, 5) is 38.1. The normalized spacial score (nSPS) is 15.9. The van der Waals surface area contributed by atoms with Crippen LogP contribution in [0.5, 0.6) is 0 Å². The predicted molar refractivity (Wildman–Crippen MR) is 139 cm³/mol. The lowest BCUT2D eigenvalue weighted by atomic mass is 10.2. The Hall–Kier alpha value is -4.14. The molecule has 1 amide bonds. The molecule has 9 nitrogen and oxygen atoms in total. The monoisotopic (exact) mass is 484 g/mol. The Morgan fingerprint density at radius 1 is 1.17 bits per heavy atom. The van der Waals surface area contributed by atoms with Crippen molar-refractivity contribution in [1.82, 2.24) is 24.3 Å². The van der Waals surface area contributed by atoms with E-state index < -0.39 is 0 Å². The molecule has 5 heterocycles. The maximum atomic E-state index is 13.4. The second-order valence-corrected chi connectivity index (χ2v) is 9.28. The number of rotatable bonds is 7. The minimum atomic E-state index is -0.207. The number of oxazole rings is 1.